The number of carbonyl (C=O) groups excluding carboxylic acids is 1. The highest BCUT2D eigenvalue weighted by molar-refractivity contribution is 8.00. The molecule has 1 fully saturated rings. The van der Waals surface area contributed by atoms with E-state index in [0.717, 1.165) is 16.3 Å². The van der Waals surface area contributed by atoms with E-state index in [1.807, 2.05) is 19.9 Å². The van der Waals surface area contributed by atoms with E-state index in [-0.39, 0.29) is 23.1 Å². The fraction of sp³-hybridized carbons (Fsp3) is 0.526. The Morgan fingerprint density at radius 2 is 1.87 bits per heavy atom. The van der Waals surface area contributed by atoms with E-state index < -0.39 is 18.0 Å². The lowest BCUT2D eigenvalue weighted by molar-refractivity contribution is -0.141. The fourth-order valence-corrected chi connectivity index (χ4v) is 4.09. The quantitative estimate of drug-likeness (QED) is 0.664. The van der Waals surface area contributed by atoms with Crippen molar-refractivity contribution in [1.82, 2.24) is 20.1 Å². The Morgan fingerprint density at radius 1 is 1.20 bits per heavy atom. The number of thioether (sulfide) groups is 1. The van der Waals surface area contributed by atoms with Crippen LogP contribution >= 0.6 is 11.8 Å². The van der Waals surface area contributed by atoms with Gasteiger partial charge in [-0.05, 0) is 19.4 Å². The summed E-state index contributed by atoms with van der Waals surface area (Å²) < 4.78 is 46.3. The summed E-state index contributed by atoms with van der Waals surface area (Å²) in [7, 11) is 0. The lowest BCUT2D eigenvalue weighted by Gasteiger charge is -2.28. The maximum Gasteiger partial charge on any atom is 0.406 e. The summed E-state index contributed by atoms with van der Waals surface area (Å²) in [6, 6.07) is 8.81. The maximum atomic E-state index is 13.3. The van der Waals surface area contributed by atoms with Gasteiger partial charge in [-0.1, -0.05) is 42.1 Å². The molecule has 0 bridgehead atoms. The third kappa shape index (κ3) is 5.88. The number of anilines is 1. The molecule has 1 unspecified atom stereocenters. The lowest BCUT2D eigenvalue weighted by atomic mass is 10.1. The summed E-state index contributed by atoms with van der Waals surface area (Å²) >= 11 is 0.963. The van der Waals surface area contributed by atoms with Gasteiger partial charge in [0.05, 0.1) is 13.2 Å². The number of ether oxygens (including phenoxy) is 1. The summed E-state index contributed by atoms with van der Waals surface area (Å²) in [5.41, 5.74) is 0.676. The second-order valence-corrected chi connectivity index (χ2v) is 8.23. The fourth-order valence-electron chi connectivity index (χ4n) is 3.05. The number of nitrogens with one attached hydrogen (secondary N) is 1. The van der Waals surface area contributed by atoms with Crippen molar-refractivity contribution in [3.63, 3.8) is 0 Å². The number of aromatic nitrogens is 3. The molecule has 2 heterocycles. The van der Waals surface area contributed by atoms with E-state index in [1.54, 1.807) is 29.2 Å². The van der Waals surface area contributed by atoms with Gasteiger partial charge >= 0.3 is 6.18 Å². The molecule has 1 N–H and O–H groups in total. The van der Waals surface area contributed by atoms with Crippen molar-refractivity contribution >= 4 is 23.6 Å². The Hall–Kier alpha value is -2.27. The van der Waals surface area contributed by atoms with E-state index in [1.165, 1.54) is 0 Å². The average molecular weight is 443 g/mol. The van der Waals surface area contributed by atoms with Crippen molar-refractivity contribution in [2.45, 2.75) is 43.0 Å². The molecule has 2 aromatic rings. The summed E-state index contributed by atoms with van der Waals surface area (Å²) in [6.07, 6.45) is -4.46. The van der Waals surface area contributed by atoms with Crippen LogP contribution in [0.15, 0.2) is 35.5 Å². The minimum absolute atomic E-state index is 0.0431. The van der Waals surface area contributed by atoms with Gasteiger partial charge in [-0.3, -0.25) is 9.36 Å². The normalized spacial score (nSPS) is 16.0. The average Bonchev–Trinajstić information content (AvgIpc) is 3.07. The van der Waals surface area contributed by atoms with Crippen LogP contribution < -0.4 is 10.2 Å². The van der Waals surface area contributed by atoms with E-state index in [9.17, 15) is 18.0 Å². The number of hydrogen-bond donors (Lipinski definition) is 1. The van der Waals surface area contributed by atoms with Crippen LogP contribution in [0.5, 0.6) is 0 Å². The molecule has 1 aliphatic heterocycles. The number of alkyl halides is 3. The van der Waals surface area contributed by atoms with Crippen LogP contribution in [0.1, 0.15) is 24.7 Å². The van der Waals surface area contributed by atoms with Crippen LogP contribution in [0, 0.1) is 0 Å². The molecular formula is C19H24F3N5O2S. The van der Waals surface area contributed by atoms with Crippen LogP contribution in [0.4, 0.5) is 19.1 Å². The molecule has 11 heteroatoms. The number of hydrogen-bond acceptors (Lipinski definition) is 6. The van der Waals surface area contributed by atoms with Crippen LogP contribution in [-0.2, 0) is 16.1 Å². The first-order valence-corrected chi connectivity index (χ1v) is 10.5. The molecule has 30 heavy (non-hydrogen) atoms. The monoisotopic (exact) mass is 443 g/mol. The first kappa shape index (κ1) is 22.4. The first-order chi connectivity index (χ1) is 14.2. The summed E-state index contributed by atoms with van der Waals surface area (Å²) in [5, 5.41) is 10.2. The van der Waals surface area contributed by atoms with Crippen molar-refractivity contribution in [2.75, 3.05) is 31.2 Å². The molecule has 0 spiro atoms. The zero-order chi connectivity index (χ0) is 21.7. The van der Waals surface area contributed by atoms with Crippen LogP contribution in [0.2, 0.25) is 0 Å². The van der Waals surface area contributed by atoms with Gasteiger partial charge in [-0.15, -0.1) is 10.2 Å². The van der Waals surface area contributed by atoms with E-state index in [4.69, 9.17) is 4.74 Å². The van der Waals surface area contributed by atoms with Crippen molar-refractivity contribution < 1.29 is 22.7 Å². The standard InChI is InChI=1S/C19H24F3N5O2S/c1-13(2)23-16(28)15(14-6-4-3-5-7-14)30-18-25-24-17(26-8-10-29-11-9-26)27(18)12-19(20,21)22/h3-7,13,15H,8-12H2,1-2H3,(H,23,28). The molecule has 0 aliphatic carbocycles. The largest absolute Gasteiger partial charge is 0.406 e. The predicted molar refractivity (Wildman–Crippen MR) is 107 cm³/mol. The summed E-state index contributed by atoms with van der Waals surface area (Å²) in [6.45, 7) is 4.09. The Balaban J connectivity index is 1.95. The molecule has 0 radical (unpaired) electrons. The summed E-state index contributed by atoms with van der Waals surface area (Å²) in [4.78, 5) is 14.5. The van der Waals surface area contributed by atoms with E-state index >= 15 is 0 Å². The second kappa shape index (κ2) is 9.69. The highest BCUT2D eigenvalue weighted by Crippen LogP contribution is 2.37. The molecule has 1 amide bonds. The molecule has 0 saturated carbocycles. The highest BCUT2D eigenvalue weighted by atomic mass is 32.2. The molecule has 164 valence electrons. The van der Waals surface area contributed by atoms with Gasteiger partial charge in [-0.25, -0.2) is 0 Å². The molecular weight excluding hydrogens is 419 g/mol. The number of amides is 1. The van der Waals surface area contributed by atoms with Crippen molar-refractivity contribution in [3.05, 3.63) is 35.9 Å². The Bertz CT molecular complexity index is 838. The van der Waals surface area contributed by atoms with Crippen molar-refractivity contribution in [3.8, 4) is 0 Å². The molecule has 3 rings (SSSR count). The minimum atomic E-state index is -4.46. The zero-order valence-corrected chi connectivity index (χ0v) is 17.5. The summed E-state index contributed by atoms with van der Waals surface area (Å²) in [5.74, 6) is -0.162. The van der Waals surface area contributed by atoms with Gasteiger partial charge in [-0.2, -0.15) is 13.2 Å². The highest BCUT2D eigenvalue weighted by Gasteiger charge is 2.34. The molecule has 1 atom stereocenters. The van der Waals surface area contributed by atoms with Crippen molar-refractivity contribution in [2.24, 2.45) is 0 Å². The number of halogens is 3. The van der Waals surface area contributed by atoms with Gasteiger partial charge < -0.3 is 15.0 Å². The van der Waals surface area contributed by atoms with Gasteiger partial charge in [0.25, 0.3) is 0 Å². The number of rotatable bonds is 7. The Labute approximate surface area is 177 Å². The number of nitrogens with zero attached hydrogens (tertiary/aromatic N) is 4. The second-order valence-electron chi connectivity index (χ2n) is 7.16. The minimum Gasteiger partial charge on any atom is -0.378 e. The Morgan fingerprint density at radius 3 is 2.47 bits per heavy atom. The molecule has 1 saturated heterocycles. The van der Waals surface area contributed by atoms with Gasteiger partial charge in [0, 0.05) is 19.1 Å². The molecule has 1 aliphatic rings. The third-order valence-corrected chi connectivity index (χ3v) is 5.56. The van der Waals surface area contributed by atoms with E-state index in [2.05, 4.69) is 15.5 Å². The number of benzene rings is 1. The number of morpholine rings is 1. The van der Waals surface area contributed by atoms with Gasteiger partial charge in [0.15, 0.2) is 5.16 Å². The molecule has 1 aromatic carbocycles. The van der Waals surface area contributed by atoms with Crippen molar-refractivity contribution in [1.29, 1.82) is 0 Å². The number of carbonyl (C=O) groups is 1. The third-order valence-electron chi connectivity index (χ3n) is 4.32. The Kier molecular flexibility index (Phi) is 7.24. The van der Waals surface area contributed by atoms with Crippen LogP contribution in [0.3, 0.4) is 0 Å². The predicted octanol–water partition coefficient (Wildman–Crippen LogP) is 3.04. The van der Waals surface area contributed by atoms with Gasteiger partial charge in [0.1, 0.15) is 11.8 Å². The first-order valence-electron chi connectivity index (χ1n) is 9.59. The van der Waals surface area contributed by atoms with E-state index in [0.29, 0.717) is 31.9 Å². The topological polar surface area (TPSA) is 72.3 Å². The van der Waals surface area contributed by atoms with Gasteiger partial charge in [0.2, 0.25) is 11.9 Å². The SMILES string of the molecule is CC(C)NC(=O)C(Sc1nnc(N2CCOCC2)n1CC(F)(F)F)c1ccccc1. The molecule has 7 nitrogen and oxygen atoms in total. The lowest BCUT2D eigenvalue weighted by Crippen LogP contribution is -2.38. The smallest absolute Gasteiger partial charge is 0.378 e. The van der Waals surface area contributed by atoms with Crippen LogP contribution in [-0.4, -0.2) is 59.2 Å². The molecule has 1 aromatic heterocycles. The zero-order valence-electron chi connectivity index (χ0n) is 16.7. The maximum absolute atomic E-state index is 13.3. The van der Waals surface area contributed by atoms with Crippen LogP contribution in [0.25, 0.3) is 0 Å².